The Morgan fingerprint density at radius 3 is 2.50 bits per heavy atom. The van der Waals surface area contributed by atoms with Gasteiger partial charge in [0.05, 0.1) is 17.1 Å². The number of nitrogens with zero attached hydrogens (tertiary/aromatic N) is 4. The summed E-state index contributed by atoms with van der Waals surface area (Å²) < 4.78 is 0. The fourth-order valence-corrected chi connectivity index (χ4v) is 4.40. The molecule has 28 heavy (non-hydrogen) atoms. The minimum Gasteiger partial charge on any atom is -0.265 e. The molecule has 1 aliphatic carbocycles. The van der Waals surface area contributed by atoms with Crippen molar-refractivity contribution in [2.24, 2.45) is 15.2 Å². The number of hydrogen-bond donors (Lipinski definition) is 0. The molecule has 3 aromatic rings. The van der Waals surface area contributed by atoms with Crippen LogP contribution in [0.25, 0.3) is 11.3 Å². The minimum absolute atomic E-state index is 0.664. The number of aromatic nitrogens is 1. The van der Waals surface area contributed by atoms with Crippen molar-refractivity contribution in [2.75, 3.05) is 0 Å². The monoisotopic (exact) mass is 388 g/mol. The van der Waals surface area contributed by atoms with Gasteiger partial charge in [-0.15, -0.1) is 21.6 Å². The van der Waals surface area contributed by atoms with Gasteiger partial charge in [0.2, 0.25) is 5.13 Å². The van der Waals surface area contributed by atoms with E-state index in [0.29, 0.717) is 5.13 Å². The normalized spacial score (nSPS) is 15.2. The molecular weight excluding hydrogens is 364 g/mol. The highest BCUT2D eigenvalue weighted by Gasteiger charge is 2.15. The summed E-state index contributed by atoms with van der Waals surface area (Å²) in [6.45, 7) is 5.54. The molecule has 1 heterocycles. The topological polar surface area (TPSA) is 50.0 Å². The van der Waals surface area contributed by atoms with Crippen molar-refractivity contribution in [3.05, 3.63) is 59.0 Å². The van der Waals surface area contributed by atoms with E-state index >= 15 is 0 Å². The lowest BCUT2D eigenvalue weighted by atomic mass is 9.84. The first kappa shape index (κ1) is 18.7. The lowest BCUT2D eigenvalue weighted by Crippen LogP contribution is -2.04. The second kappa shape index (κ2) is 8.57. The van der Waals surface area contributed by atoms with Crippen LogP contribution in [-0.4, -0.2) is 11.7 Å². The molecule has 4 nitrogen and oxygen atoms in total. The van der Waals surface area contributed by atoms with Crippen molar-refractivity contribution in [3.63, 3.8) is 0 Å². The van der Waals surface area contributed by atoms with Crippen LogP contribution < -0.4 is 0 Å². The van der Waals surface area contributed by atoms with Crippen LogP contribution in [0, 0.1) is 6.92 Å². The molecule has 0 bridgehead atoms. The fraction of sp³-hybridized carbons (Fsp3) is 0.304. The molecule has 0 N–H and O–H groups in total. The van der Waals surface area contributed by atoms with E-state index in [2.05, 4.69) is 51.2 Å². The van der Waals surface area contributed by atoms with Crippen LogP contribution in [0.2, 0.25) is 0 Å². The zero-order chi connectivity index (χ0) is 19.3. The van der Waals surface area contributed by atoms with Gasteiger partial charge in [-0.2, -0.15) is 0 Å². The molecule has 0 aliphatic heterocycles. The van der Waals surface area contributed by atoms with E-state index in [4.69, 9.17) is 0 Å². The molecule has 4 rings (SSSR count). The van der Waals surface area contributed by atoms with Crippen molar-refractivity contribution in [2.45, 2.75) is 44.9 Å². The number of benzene rings is 2. The third-order valence-corrected chi connectivity index (χ3v) is 6.11. The number of rotatable bonds is 5. The van der Waals surface area contributed by atoms with Gasteiger partial charge in [-0.25, -0.2) is 4.98 Å². The Hall–Kier alpha value is -2.66. The van der Waals surface area contributed by atoms with E-state index in [0.717, 1.165) is 34.1 Å². The van der Waals surface area contributed by atoms with Crippen LogP contribution in [0.15, 0.2) is 63.1 Å². The predicted octanol–water partition coefficient (Wildman–Crippen LogP) is 7.91. The van der Waals surface area contributed by atoms with E-state index in [1.807, 2.05) is 30.5 Å². The summed E-state index contributed by atoms with van der Waals surface area (Å²) in [7, 11) is 0. The van der Waals surface area contributed by atoms with Crippen molar-refractivity contribution in [1.82, 2.24) is 4.98 Å². The van der Waals surface area contributed by atoms with Crippen LogP contribution in [-0.2, 0) is 0 Å². The van der Waals surface area contributed by atoms with Gasteiger partial charge < -0.3 is 0 Å². The van der Waals surface area contributed by atoms with Crippen LogP contribution in [0.4, 0.5) is 16.5 Å². The average Bonchev–Trinajstić information content (AvgIpc) is 3.22. The molecule has 1 saturated carbocycles. The Bertz CT molecular complexity index is 982. The van der Waals surface area contributed by atoms with Gasteiger partial charge in [-0.05, 0) is 61.7 Å². The Morgan fingerprint density at radius 1 is 1.00 bits per heavy atom. The molecule has 0 unspecified atom stereocenters. The average molecular weight is 389 g/mol. The third kappa shape index (κ3) is 4.25. The van der Waals surface area contributed by atoms with Gasteiger partial charge in [-0.3, -0.25) is 4.99 Å². The van der Waals surface area contributed by atoms with E-state index in [1.165, 1.54) is 49.0 Å². The van der Waals surface area contributed by atoms with Crippen molar-refractivity contribution < 1.29 is 0 Å². The van der Waals surface area contributed by atoms with Crippen molar-refractivity contribution in [1.29, 1.82) is 0 Å². The number of azo groups is 1. The van der Waals surface area contributed by atoms with Gasteiger partial charge >= 0.3 is 0 Å². The van der Waals surface area contributed by atoms with E-state index in [9.17, 15) is 0 Å². The standard InChI is InChI=1S/C23H24N4S/c1-16-14-20(24-2)12-13-21(16)26-27-23-25-22(15-28-23)19-10-8-18(9-11-19)17-6-4-3-5-7-17/h8-15,17H,2-7H2,1H3/b27-26+. The van der Waals surface area contributed by atoms with Gasteiger partial charge in [0.1, 0.15) is 0 Å². The first-order valence-electron chi connectivity index (χ1n) is 9.78. The molecule has 142 valence electrons. The molecule has 0 saturated heterocycles. The molecule has 2 aromatic carbocycles. The maximum absolute atomic E-state index is 4.63. The lowest BCUT2D eigenvalue weighted by molar-refractivity contribution is 0.443. The zero-order valence-corrected chi connectivity index (χ0v) is 17.0. The molecule has 0 atom stereocenters. The molecule has 1 aromatic heterocycles. The SMILES string of the molecule is C=Nc1ccc(/N=N/c2nc(-c3ccc(C4CCCCC4)cc3)cs2)c(C)c1. The summed E-state index contributed by atoms with van der Waals surface area (Å²) in [4.78, 5) is 8.56. The number of thiazole rings is 1. The third-order valence-electron chi connectivity index (χ3n) is 5.38. The van der Waals surface area contributed by atoms with Crippen molar-refractivity contribution >= 4 is 34.6 Å². The summed E-state index contributed by atoms with van der Waals surface area (Å²) in [6, 6.07) is 14.6. The molecule has 5 heteroatoms. The summed E-state index contributed by atoms with van der Waals surface area (Å²) in [6.07, 6.45) is 6.76. The second-order valence-corrected chi connectivity index (χ2v) is 8.14. The Balaban J connectivity index is 1.47. The second-order valence-electron chi connectivity index (χ2n) is 7.30. The quantitative estimate of drug-likeness (QED) is 0.323. The fourth-order valence-electron chi connectivity index (χ4n) is 3.75. The van der Waals surface area contributed by atoms with Crippen LogP contribution in [0.5, 0.6) is 0 Å². The van der Waals surface area contributed by atoms with Crippen LogP contribution >= 0.6 is 11.3 Å². The van der Waals surface area contributed by atoms with Gasteiger partial charge in [-0.1, -0.05) is 43.5 Å². The van der Waals surface area contributed by atoms with E-state index < -0.39 is 0 Å². The largest absolute Gasteiger partial charge is 0.265 e. The molecule has 0 spiro atoms. The Labute approximate surface area is 170 Å². The van der Waals surface area contributed by atoms with E-state index in [1.54, 1.807) is 0 Å². The molecule has 1 fully saturated rings. The predicted molar refractivity (Wildman–Crippen MR) is 118 cm³/mol. The molecular formula is C23H24N4S. The first-order chi connectivity index (χ1) is 13.7. The van der Waals surface area contributed by atoms with Gasteiger partial charge in [0.15, 0.2) is 0 Å². The summed E-state index contributed by atoms with van der Waals surface area (Å²) in [5.41, 5.74) is 6.23. The van der Waals surface area contributed by atoms with E-state index in [-0.39, 0.29) is 0 Å². The number of aryl methyl sites for hydroxylation is 1. The number of hydrogen-bond acceptors (Lipinski definition) is 5. The minimum atomic E-state index is 0.664. The van der Waals surface area contributed by atoms with Crippen LogP contribution in [0.1, 0.15) is 49.1 Å². The molecule has 1 aliphatic rings. The van der Waals surface area contributed by atoms with Crippen LogP contribution in [0.3, 0.4) is 0 Å². The maximum Gasteiger partial charge on any atom is 0.230 e. The van der Waals surface area contributed by atoms with Gasteiger partial charge in [0, 0.05) is 10.9 Å². The smallest absolute Gasteiger partial charge is 0.230 e. The zero-order valence-electron chi connectivity index (χ0n) is 16.1. The highest BCUT2D eigenvalue weighted by molar-refractivity contribution is 7.13. The Kier molecular flexibility index (Phi) is 5.72. The Morgan fingerprint density at radius 2 is 1.79 bits per heavy atom. The highest BCUT2D eigenvalue weighted by Crippen LogP contribution is 2.34. The van der Waals surface area contributed by atoms with Gasteiger partial charge in [0.25, 0.3) is 0 Å². The summed E-state index contributed by atoms with van der Waals surface area (Å²) >= 11 is 1.51. The number of aliphatic imine (C=N–C) groups is 1. The highest BCUT2D eigenvalue weighted by atomic mass is 32.1. The summed E-state index contributed by atoms with van der Waals surface area (Å²) in [5.74, 6) is 0.730. The maximum atomic E-state index is 4.63. The molecule has 0 amide bonds. The molecule has 0 radical (unpaired) electrons. The first-order valence-corrected chi connectivity index (χ1v) is 10.7. The summed E-state index contributed by atoms with van der Waals surface area (Å²) in [5, 5.41) is 11.4. The van der Waals surface area contributed by atoms with Crippen molar-refractivity contribution in [3.8, 4) is 11.3 Å². The lowest BCUT2D eigenvalue weighted by Gasteiger charge is -2.21.